The lowest BCUT2D eigenvalue weighted by Gasteiger charge is -2.28. The molecular weight excluding hydrogens is 210 g/mol. The molecule has 0 radical (unpaired) electrons. The molecule has 5 heteroatoms. The van der Waals surface area contributed by atoms with Crippen LogP contribution >= 0.6 is 0 Å². The Morgan fingerprint density at radius 2 is 1.81 bits per heavy atom. The number of amides is 1. The van der Waals surface area contributed by atoms with Gasteiger partial charge in [-0.25, -0.2) is 0 Å². The van der Waals surface area contributed by atoms with E-state index in [2.05, 4.69) is 5.32 Å². The molecule has 0 aromatic rings. The SMILES string of the molecule is O=C(O)[C@H]1C[C@H]1C(=O)N[C@@H]1CCCC[C@H]1O. The summed E-state index contributed by atoms with van der Waals surface area (Å²) >= 11 is 0. The van der Waals surface area contributed by atoms with E-state index >= 15 is 0 Å². The summed E-state index contributed by atoms with van der Waals surface area (Å²) in [6.07, 6.45) is 3.48. The highest BCUT2D eigenvalue weighted by atomic mass is 16.4. The number of carbonyl (C=O) groups is 2. The Kier molecular flexibility index (Phi) is 3.14. The third-order valence-electron chi connectivity index (χ3n) is 3.50. The van der Waals surface area contributed by atoms with Crippen molar-refractivity contribution < 1.29 is 19.8 Å². The van der Waals surface area contributed by atoms with Gasteiger partial charge in [0.05, 0.1) is 24.0 Å². The molecule has 1 amide bonds. The van der Waals surface area contributed by atoms with Gasteiger partial charge in [-0.2, -0.15) is 0 Å². The van der Waals surface area contributed by atoms with Crippen LogP contribution in [0.2, 0.25) is 0 Å². The Labute approximate surface area is 93.8 Å². The van der Waals surface area contributed by atoms with Gasteiger partial charge in [0, 0.05) is 0 Å². The Morgan fingerprint density at radius 1 is 1.12 bits per heavy atom. The van der Waals surface area contributed by atoms with Gasteiger partial charge in [0.2, 0.25) is 5.91 Å². The van der Waals surface area contributed by atoms with Crippen molar-refractivity contribution in [3.63, 3.8) is 0 Å². The first kappa shape index (κ1) is 11.4. The molecule has 2 aliphatic rings. The second-order valence-electron chi connectivity index (χ2n) is 4.75. The van der Waals surface area contributed by atoms with E-state index in [9.17, 15) is 14.7 Å². The van der Waals surface area contributed by atoms with Crippen molar-refractivity contribution >= 4 is 11.9 Å². The largest absolute Gasteiger partial charge is 0.481 e. The Balaban J connectivity index is 1.81. The normalized spacial score (nSPS) is 37.8. The van der Waals surface area contributed by atoms with Crippen LogP contribution in [-0.2, 0) is 9.59 Å². The molecule has 0 saturated heterocycles. The molecule has 0 spiro atoms. The molecule has 0 aliphatic heterocycles. The van der Waals surface area contributed by atoms with Gasteiger partial charge in [-0.1, -0.05) is 12.8 Å². The molecule has 0 unspecified atom stereocenters. The maximum atomic E-state index is 11.6. The summed E-state index contributed by atoms with van der Waals surface area (Å²) in [6, 6.07) is -0.184. The fourth-order valence-electron chi connectivity index (χ4n) is 2.33. The average molecular weight is 227 g/mol. The summed E-state index contributed by atoms with van der Waals surface area (Å²) < 4.78 is 0. The summed E-state index contributed by atoms with van der Waals surface area (Å²) in [4.78, 5) is 22.3. The van der Waals surface area contributed by atoms with Gasteiger partial charge in [0.15, 0.2) is 0 Å². The van der Waals surface area contributed by atoms with Crippen molar-refractivity contribution in [2.75, 3.05) is 0 Å². The van der Waals surface area contributed by atoms with Crippen LogP contribution in [0.5, 0.6) is 0 Å². The van der Waals surface area contributed by atoms with E-state index in [-0.39, 0.29) is 17.9 Å². The lowest BCUT2D eigenvalue weighted by atomic mass is 9.92. The number of rotatable bonds is 3. The zero-order valence-corrected chi connectivity index (χ0v) is 9.06. The maximum Gasteiger partial charge on any atom is 0.307 e. The van der Waals surface area contributed by atoms with Crippen LogP contribution in [0.4, 0.5) is 0 Å². The van der Waals surface area contributed by atoms with Crippen molar-refractivity contribution in [3.05, 3.63) is 0 Å². The standard InChI is InChI=1S/C11H17NO4/c13-9-4-2-1-3-8(9)12-10(14)6-5-7(6)11(15)16/h6-9,13H,1-5H2,(H,12,14)(H,15,16)/t6-,7+,8-,9-/m1/s1. The van der Waals surface area contributed by atoms with Crippen molar-refractivity contribution in [1.82, 2.24) is 5.32 Å². The van der Waals surface area contributed by atoms with Gasteiger partial charge < -0.3 is 15.5 Å². The molecule has 4 atom stereocenters. The van der Waals surface area contributed by atoms with Crippen molar-refractivity contribution in [3.8, 4) is 0 Å². The van der Waals surface area contributed by atoms with Crippen LogP contribution in [0.15, 0.2) is 0 Å². The number of aliphatic hydroxyl groups excluding tert-OH is 1. The first-order valence-corrected chi connectivity index (χ1v) is 5.81. The number of carboxylic acids is 1. The lowest BCUT2D eigenvalue weighted by molar-refractivity contribution is -0.140. The fourth-order valence-corrected chi connectivity index (χ4v) is 2.33. The van der Waals surface area contributed by atoms with E-state index in [1.54, 1.807) is 0 Å². The molecule has 2 saturated carbocycles. The van der Waals surface area contributed by atoms with Gasteiger partial charge in [0.25, 0.3) is 0 Å². The third-order valence-corrected chi connectivity index (χ3v) is 3.50. The highest BCUT2D eigenvalue weighted by Gasteiger charge is 2.48. The number of aliphatic carboxylic acids is 1. The van der Waals surface area contributed by atoms with Crippen LogP contribution < -0.4 is 5.32 Å². The number of aliphatic hydroxyl groups is 1. The summed E-state index contributed by atoms with van der Waals surface area (Å²) in [5, 5.41) is 21.1. The number of carbonyl (C=O) groups excluding carboxylic acids is 1. The number of carboxylic acid groups (broad SMARTS) is 1. The molecule has 0 aromatic heterocycles. The minimum absolute atomic E-state index is 0.184. The molecule has 16 heavy (non-hydrogen) atoms. The van der Waals surface area contributed by atoms with E-state index in [1.165, 1.54) is 0 Å². The zero-order chi connectivity index (χ0) is 11.7. The molecule has 0 heterocycles. The first-order chi connectivity index (χ1) is 7.59. The molecule has 2 fully saturated rings. The minimum Gasteiger partial charge on any atom is -0.481 e. The van der Waals surface area contributed by atoms with Gasteiger partial charge in [-0.3, -0.25) is 9.59 Å². The Hall–Kier alpha value is -1.10. The molecule has 3 N–H and O–H groups in total. The van der Waals surface area contributed by atoms with Gasteiger partial charge in [-0.05, 0) is 19.3 Å². The molecule has 5 nitrogen and oxygen atoms in total. The highest BCUT2D eigenvalue weighted by Crippen LogP contribution is 2.39. The number of hydrogen-bond donors (Lipinski definition) is 3. The van der Waals surface area contributed by atoms with Crippen LogP contribution in [0.3, 0.4) is 0 Å². The van der Waals surface area contributed by atoms with E-state index in [0.29, 0.717) is 6.42 Å². The van der Waals surface area contributed by atoms with Crippen LogP contribution in [0.1, 0.15) is 32.1 Å². The van der Waals surface area contributed by atoms with Gasteiger partial charge in [-0.15, -0.1) is 0 Å². The Morgan fingerprint density at radius 3 is 2.38 bits per heavy atom. The summed E-state index contributed by atoms with van der Waals surface area (Å²) in [5.74, 6) is -2.00. The van der Waals surface area contributed by atoms with Crippen LogP contribution in [0, 0.1) is 11.8 Å². The number of nitrogens with one attached hydrogen (secondary N) is 1. The average Bonchev–Trinajstić information content (AvgIpc) is 3.01. The summed E-state index contributed by atoms with van der Waals surface area (Å²) in [7, 11) is 0. The quantitative estimate of drug-likeness (QED) is 0.639. The monoisotopic (exact) mass is 227 g/mol. The van der Waals surface area contributed by atoms with Crippen LogP contribution in [0.25, 0.3) is 0 Å². The van der Waals surface area contributed by atoms with Crippen molar-refractivity contribution in [1.29, 1.82) is 0 Å². The zero-order valence-electron chi connectivity index (χ0n) is 9.06. The predicted octanol–water partition coefficient (Wildman–Crippen LogP) is 0.127. The van der Waals surface area contributed by atoms with Gasteiger partial charge in [0.1, 0.15) is 0 Å². The second kappa shape index (κ2) is 4.41. The molecule has 2 aliphatic carbocycles. The topological polar surface area (TPSA) is 86.6 Å². The molecular formula is C11H17NO4. The molecule has 0 aromatic carbocycles. The predicted molar refractivity (Wildman–Crippen MR) is 55.6 cm³/mol. The first-order valence-electron chi connectivity index (χ1n) is 5.81. The van der Waals surface area contributed by atoms with Crippen molar-refractivity contribution in [2.45, 2.75) is 44.2 Å². The van der Waals surface area contributed by atoms with Crippen LogP contribution in [-0.4, -0.2) is 34.2 Å². The lowest BCUT2D eigenvalue weighted by Crippen LogP contribution is -2.45. The summed E-state index contributed by atoms with van der Waals surface area (Å²) in [5.41, 5.74) is 0. The van der Waals surface area contributed by atoms with E-state index in [1.807, 2.05) is 0 Å². The number of hydrogen-bond acceptors (Lipinski definition) is 3. The smallest absolute Gasteiger partial charge is 0.307 e. The third kappa shape index (κ3) is 2.35. The summed E-state index contributed by atoms with van der Waals surface area (Å²) in [6.45, 7) is 0. The second-order valence-corrected chi connectivity index (χ2v) is 4.75. The van der Waals surface area contributed by atoms with Gasteiger partial charge >= 0.3 is 5.97 Å². The molecule has 0 bridgehead atoms. The minimum atomic E-state index is -0.899. The highest BCUT2D eigenvalue weighted by molar-refractivity contribution is 5.89. The van der Waals surface area contributed by atoms with E-state index in [0.717, 1.165) is 25.7 Å². The molecule has 2 rings (SSSR count). The Bertz CT molecular complexity index is 304. The maximum absolute atomic E-state index is 11.6. The van der Waals surface area contributed by atoms with Crippen molar-refractivity contribution in [2.24, 2.45) is 11.8 Å². The van der Waals surface area contributed by atoms with E-state index in [4.69, 9.17) is 5.11 Å². The molecule has 90 valence electrons. The van der Waals surface area contributed by atoms with E-state index < -0.39 is 18.0 Å². The fraction of sp³-hybridized carbons (Fsp3) is 0.818.